The van der Waals surface area contributed by atoms with Crippen molar-refractivity contribution >= 4 is 0 Å². The standard InChI is InChI=1S/C19H21F3N2/c1-11-6-7-13(20)9-15(11)14-5-3-4-12(18(14)22)8-17-19(23)16(21)10-24(17)2/h3-7,9,16-17,19H,8,10,23H2,1-2H3. The molecule has 2 N–H and O–H groups in total. The second-order valence-corrected chi connectivity index (χ2v) is 6.54. The van der Waals surface area contributed by atoms with Crippen LogP contribution in [0.2, 0.25) is 0 Å². The van der Waals surface area contributed by atoms with E-state index in [2.05, 4.69) is 0 Å². The van der Waals surface area contributed by atoms with Gasteiger partial charge in [0.1, 0.15) is 17.8 Å². The lowest BCUT2D eigenvalue weighted by molar-refractivity contribution is 0.290. The van der Waals surface area contributed by atoms with E-state index in [9.17, 15) is 13.2 Å². The predicted molar refractivity (Wildman–Crippen MR) is 89.5 cm³/mol. The average Bonchev–Trinajstić information content (AvgIpc) is 2.78. The molecular weight excluding hydrogens is 313 g/mol. The number of alkyl halides is 1. The Bertz CT molecular complexity index is 747. The van der Waals surface area contributed by atoms with Crippen LogP contribution in [0.1, 0.15) is 11.1 Å². The Morgan fingerprint density at radius 1 is 1.17 bits per heavy atom. The van der Waals surface area contributed by atoms with Gasteiger partial charge in [-0.05, 0) is 49.2 Å². The fourth-order valence-electron chi connectivity index (χ4n) is 3.41. The molecule has 0 aliphatic carbocycles. The van der Waals surface area contributed by atoms with Crippen LogP contribution in [-0.2, 0) is 6.42 Å². The maximum Gasteiger partial charge on any atom is 0.134 e. The van der Waals surface area contributed by atoms with Gasteiger partial charge >= 0.3 is 0 Å². The minimum absolute atomic E-state index is 0.252. The molecule has 0 aromatic heterocycles. The molecule has 1 heterocycles. The van der Waals surface area contributed by atoms with Crippen LogP contribution < -0.4 is 5.73 Å². The van der Waals surface area contributed by atoms with E-state index in [1.54, 1.807) is 31.3 Å². The summed E-state index contributed by atoms with van der Waals surface area (Å²) in [4.78, 5) is 1.83. The number of nitrogens with zero attached hydrogens (tertiary/aromatic N) is 1. The largest absolute Gasteiger partial charge is 0.324 e. The molecule has 3 rings (SSSR count). The number of hydrogen-bond acceptors (Lipinski definition) is 2. The van der Waals surface area contributed by atoms with E-state index in [4.69, 9.17) is 5.73 Å². The summed E-state index contributed by atoms with van der Waals surface area (Å²) in [7, 11) is 1.79. The van der Waals surface area contributed by atoms with Crippen LogP contribution in [0, 0.1) is 18.6 Å². The van der Waals surface area contributed by atoms with Crippen molar-refractivity contribution in [3.8, 4) is 11.1 Å². The van der Waals surface area contributed by atoms with Crippen molar-refractivity contribution in [3.63, 3.8) is 0 Å². The average molecular weight is 334 g/mol. The van der Waals surface area contributed by atoms with Crippen molar-refractivity contribution in [2.24, 2.45) is 5.73 Å². The smallest absolute Gasteiger partial charge is 0.134 e. The third-order valence-electron chi connectivity index (χ3n) is 4.89. The van der Waals surface area contributed by atoms with E-state index < -0.39 is 23.8 Å². The Morgan fingerprint density at radius 2 is 1.92 bits per heavy atom. The fourth-order valence-corrected chi connectivity index (χ4v) is 3.41. The SMILES string of the molecule is Cc1ccc(F)cc1-c1cccc(CC2C(N)C(F)CN2C)c1F. The molecule has 1 aliphatic rings. The zero-order chi connectivity index (χ0) is 17.4. The van der Waals surface area contributed by atoms with E-state index in [1.165, 1.54) is 12.1 Å². The monoisotopic (exact) mass is 334 g/mol. The summed E-state index contributed by atoms with van der Waals surface area (Å²) in [6, 6.07) is 8.50. The zero-order valence-electron chi connectivity index (χ0n) is 13.8. The van der Waals surface area contributed by atoms with Crippen LogP contribution in [0.4, 0.5) is 13.2 Å². The molecule has 2 aromatic rings. The lowest BCUT2D eigenvalue weighted by atomic mass is 9.94. The molecule has 0 radical (unpaired) electrons. The first kappa shape index (κ1) is 17.0. The van der Waals surface area contributed by atoms with E-state index in [1.807, 2.05) is 11.8 Å². The first-order valence-corrected chi connectivity index (χ1v) is 8.02. The highest BCUT2D eigenvalue weighted by molar-refractivity contribution is 5.68. The molecular formula is C19H21F3N2. The van der Waals surface area contributed by atoms with Crippen LogP contribution in [-0.4, -0.2) is 36.7 Å². The minimum atomic E-state index is -1.10. The second-order valence-electron chi connectivity index (χ2n) is 6.54. The molecule has 5 heteroatoms. The van der Waals surface area contributed by atoms with E-state index >= 15 is 0 Å². The molecule has 3 atom stereocenters. The molecule has 0 spiro atoms. The van der Waals surface area contributed by atoms with Crippen molar-refractivity contribution in [1.29, 1.82) is 0 Å². The first-order valence-electron chi connectivity index (χ1n) is 8.02. The number of likely N-dealkylation sites (N-methyl/N-ethyl adjacent to an activating group) is 1. The highest BCUT2D eigenvalue weighted by atomic mass is 19.1. The Labute approximate surface area is 140 Å². The molecule has 1 saturated heterocycles. The highest BCUT2D eigenvalue weighted by Gasteiger charge is 2.38. The number of aryl methyl sites for hydroxylation is 1. The molecule has 1 aliphatic heterocycles. The third-order valence-corrected chi connectivity index (χ3v) is 4.89. The van der Waals surface area contributed by atoms with Gasteiger partial charge < -0.3 is 5.73 Å². The van der Waals surface area contributed by atoms with Crippen LogP contribution in [0.15, 0.2) is 36.4 Å². The van der Waals surface area contributed by atoms with Crippen LogP contribution in [0.3, 0.4) is 0 Å². The van der Waals surface area contributed by atoms with Crippen molar-refractivity contribution in [2.45, 2.75) is 31.6 Å². The maximum absolute atomic E-state index is 15.0. The molecule has 3 unspecified atom stereocenters. The van der Waals surface area contributed by atoms with Crippen molar-refractivity contribution < 1.29 is 13.2 Å². The quantitative estimate of drug-likeness (QED) is 0.931. The van der Waals surface area contributed by atoms with Crippen molar-refractivity contribution in [1.82, 2.24) is 4.90 Å². The maximum atomic E-state index is 15.0. The molecule has 128 valence electrons. The first-order chi connectivity index (χ1) is 11.4. The van der Waals surface area contributed by atoms with Crippen molar-refractivity contribution in [2.75, 3.05) is 13.6 Å². The van der Waals surface area contributed by atoms with Gasteiger partial charge in [0.25, 0.3) is 0 Å². The number of halogens is 3. The topological polar surface area (TPSA) is 29.3 Å². The summed E-state index contributed by atoms with van der Waals surface area (Å²) in [6.45, 7) is 2.07. The fraction of sp³-hybridized carbons (Fsp3) is 0.368. The predicted octanol–water partition coefficient (Wildman–Crippen LogP) is 3.46. The summed E-state index contributed by atoms with van der Waals surface area (Å²) in [6.07, 6.45) is -0.775. The van der Waals surface area contributed by atoms with Gasteiger partial charge in [-0.3, -0.25) is 4.90 Å². The van der Waals surface area contributed by atoms with Gasteiger partial charge in [0.15, 0.2) is 0 Å². The highest BCUT2D eigenvalue weighted by Crippen LogP contribution is 2.30. The Balaban J connectivity index is 1.96. The Hall–Kier alpha value is -1.85. The summed E-state index contributed by atoms with van der Waals surface area (Å²) in [5.41, 5.74) is 8.07. The number of benzene rings is 2. The second kappa shape index (κ2) is 6.57. The summed E-state index contributed by atoms with van der Waals surface area (Å²) in [5, 5.41) is 0. The van der Waals surface area contributed by atoms with Gasteiger partial charge in [-0.25, -0.2) is 13.2 Å². The number of hydrogen-bond donors (Lipinski definition) is 1. The molecule has 0 saturated carbocycles. The number of nitrogens with two attached hydrogens (primary N) is 1. The normalized spacial score (nSPS) is 24.5. The van der Waals surface area contributed by atoms with Gasteiger partial charge in [0.05, 0.1) is 6.04 Å². The van der Waals surface area contributed by atoms with Gasteiger partial charge in [-0.1, -0.05) is 24.3 Å². The number of likely N-dealkylation sites (tertiary alicyclic amines) is 1. The van der Waals surface area contributed by atoms with Gasteiger partial charge in [0.2, 0.25) is 0 Å². The lowest BCUT2D eigenvalue weighted by Crippen LogP contribution is -2.41. The number of rotatable bonds is 3. The molecule has 2 aromatic carbocycles. The van der Waals surface area contributed by atoms with Crippen LogP contribution in [0.25, 0.3) is 11.1 Å². The van der Waals surface area contributed by atoms with Gasteiger partial charge in [-0.15, -0.1) is 0 Å². The third kappa shape index (κ3) is 3.06. The van der Waals surface area contributed by atoms with Crippen molar-refractivity contribution in [3.05, 3.63) is 59.2 Å². The minimum Gasteiger partial charge on any atom is -0.324 e. The zero-order valence-corrected chi connectivity index (χ0v) is 13.8. The lowest BCUT2D eigenvalue weighted by Gasteiger charge is -2.23. The van der Waals surface area contributed by atoms with E-state index in [-0.39, 0.29) is 12.6 Å². The molecule has 2 nitrogen and oxygen atoms in total. The van der Waals surface area contributed by atoms with E-state index in [0.29, 0.717) is 23.1 Å². The van der Waals surface area contributed by atoms with Crippen LogP contribution >= 0.6 is 0 Å². The Morgan fingerprint density at radius 3 is 2.58 bits per heavy atom. The molecule has 0 amide bonds. The van der Waals surface area contributed by atoms with Gasteiger partial charge in [0, 0.05) is 18.2 Å². The summed E-state index contributed by atoms with van der Waals surface area (Å²) in [5.74, 6) is -0.799. The molecule has 1 fully saturated rings. The molecule has 24 heavy (non-hydrogen) atoms. The summed E-state index contributed by atoms with van der Waals surface area (Å²) >= 11 is 0. The molecule has 0 bridgehead atoms. The van der Waals surface area contributed by atoms with Crippen LogP contribution in [0.5, 0.6) is 0 Å². The summed E-state index contributed by atoms with van der Waals surface area (Å²) < 4.78 is 42.3. The Kier molecular flexibility index (Phi) is 4.65. The van der Waals surface area contributed by atoms with Gasteiger partial charge in [-0.2, -0.15) is 0 Å². The van der Waals surface area contributed by atoms with E-state index in [0.717, 1.165) is 5.56 Å².